The number of hydrogen-bond donors (Lipinski definition) is 2. The van der Waals surface area contributed by atoms with Gasteiger partial charge >= 0.3 is 5.97 Å². The maximum Gasteiger partial charge on any atom is 0.337 e. The number of amides is 1. The minimum absolute atomic E-state index is 0.0448. The zero-order chi connectivity index (χ0) is 17.5. The van der Waals surface area contributed by atoms with Gasteiger partial charge in [-0.05, 0) is 42.3 Å². The van der Waals surface area contributed by atoms with E-state index < -0.39 is 0 Å². The average Bonchev–Trinajstić information content (AvgIpc) is 2.56. The summed E-state index contributed by atoms with van der Waals surface area (Å²) in [5, 5.41) is 5.93. The Morgan fingerprint density at radius 2 is 1.75 bits per heavy atom. The second-order valence-electron chi connectivity index (χ2n) is 5.77. The van der Waals surface area contributed by atoms with Crippen molar-refractivity contribution in [3.8, 4) is 0 Å². The summed E-state index contributed by atoms with van der Waals surface area (Å²) in [6.45, 7) is 3.98. The molecule has 1 heterocycles. The molecule has 6 heteroatoms. The lowest BCUT2D eigenvalue weighted by Gasteiger charge is -2.09. The fourth-order valence-electron chi connectivity index (χ4n) is 2.08. The number of benzene rings is 1. The van der Waals surface area contributed by atoms with Crippen LogP contribution < -0.4 is 10.6 Å². The van der Waals surface area contributed by atoms with E-state index in [4.69, 9.17) is 0 Å². The largest absolute Gasteiger partial charge is 0.465 e. The molecule has 1 aromatic carbocycles. The number of anilines is 3. The first-order valence-corrected chi connectivity index (χ1v) is 7.69. The van der Waals surface area contributed by atoms with E-state index in [9.17, 15) is 9.59 Å². The number of aromatic nitrogens is 1. The molecule has 2 N–H and O–H groups in total. The van der Waals surface area contributed by atoms with E-state index in [0.29, 0.717) is 23.7 Å². The van der Waals surface area contributed by atoms with Crippen molar-refractivity contribution >= 4 is 29.1 Å². The van der Waals surface area contributed by atoms with Crippen molar-refractivity contribution in [2.45, 2.75) is 20.3 Å². The number of esters is 1. The number of hydrogen-bond acceptors (Lipinski definition) is 5. The molecule has 24 heavy (non-hydrogen) atoms. The minimum atomic E-state index is -0.371. The maximum atomic E-state index is 11.7. The molecule has 126 valence electrons. The van der Waals surface area contributed by atoms with Gasteiger partial charge in [0, 0.05) is 12.1 Å². The van der Waals surface area contributed by atoms with Crippen LogP contribution >= 0.6 is 0 Å². The first-order valence-electron chi connectivity index (χ1n) is 7.69. The Labute approximate surface area is 141 Å². The Kier molecular flexibility index (Phi) is 5.89. The molecular weight excluding hydrogens is 306 g/mol. The molecule has 0 radical (unpaired) electrons. The van der Waals surface area contributed by atoms with E-state index in [2.05, 4.69) is 20.4 Å². The smallest absolute Gasteiger partial charge is 0.337 e. The lowest BCUT2D eigenvalue weighted by Crippen LogP contribution is -2.14. The van der Waals surface area contributed by atoms with Crippen molar-refractivity contribution in [2.75, 3.05) is 17.7 Å². The van der Waals surface area contributed by atoms with Crippen LogP contribution in [0.25, 0.3) is 0 Å². The van der Waals surface area contributed by atoms with Crippen LogP contribution in [-0.2, 0) is 9.53 Å². The molecule has 2 aromatic rings. The first-order chi connectivity index (χ1) is 11.5. The predicted molar refractivity (Wildman–Crippen MR) is 93.4 cm³/mol. The van der Waals surface area contributed by atoms with E-state index in [1.54, 1.807) is 36.5 Å². The van der Waals surface area contributed by atoms with Gasteiger partial charge in [0.05, 0.1) is 24.6 Å². The Morgan fingerprint density at radius 3 is 2.29 bits per heavy atom. The van der Waals surface area contributed by atoms with Gasteiger partial charge in [-0.3, -0.25) is 4.79 Å². The fourth-order valence-corrected chi connectivity index (χ4v) is 2.08. The highest BCUT2D eigenvalue weighted by Gasteiger charge is 2.07. The molecule has 6 nitrogen and oxygen atoms in total. The number of methoxy groups -OCH3 is 1. The van der Waals surface area contributed by atoms with Crippen LogP contribution in [0.3, 0.4) is 0 Å². The topological polar surface area (TPSA) is 80.3 Å². The van der Waals surface area contributed by atoms with Crippen molar-refractivity contribution < 1.29 is 14.3 Å². The summed E-state index contributed by atoms with van der Waals surface area (Å²) in [5.41, 5.74) is 2.09. The predicted octanol–water partition coefficient (Wildman–Crippen LogP) is 3.60. The van der Waals surface area contributed by atoms with Crippen molar-refractivity contribution in [2.24, 2.45) is 5.92 Å². The molecule has 0 aliphatic carbocycles. The second kappa shape index (κ2) is 8.10. The van der Waals surface area contributed by atoms with Crippen LogP contribution in [0, 0.1) is 5.92 Å². The SMILES string of the molecule is COC(=O)c1ccc(Nc2ccc(NC(=O)CC(C)C)nc2)cc1. The Bertz CT molecular complexity index is 694. The Balaban J connectivity index is 1.96. The normalized spacial score (nSPS) is 10.3. The highest BCUT2D eigenvalue weighted by molar-refractivity contribution is 5.90. The molecule has 0 spiro atoms. The molecule has 0 aliphatic heterocycles. The summed E-state index contributed by atoms with van der Waals surface area (Å²) in [6.07, 6.45) is 2.10. The van der Waals surface area contributed by atoms with Crippen LogP contribution in [0.2, 0.25) is 0 Å². The molecular formula is C18H21N3O3. The monoisotopic (exact) mass is 327 g/mol. The van der Waals surface area contributed by atoms with Crippen LogP contribution in [-0.4, -0.2) is 24.0 Å². The molecule has 0 bridgehead atoms. The average molecular weight is 327 g/mol. The number of rotatable bonds is 6. The highest BCUT2D eigenvalue weighted by atomic mass is 16.5. The van der Waals surface area contributed by atoms with Crippen molar-refractivity contribution in [3.05, 3.63) is 48.2 Å². The standard InChI is InChI=1S/C18H21N3O3/c1-12(2)10-17(22)21-16-9-8-15(11-19-16)20-14-6-4-13(5-7-14)18(23)24-3/h4-9,11-12,20H,10H2,1-3H3,(H,19,21,22). The number of carbonyl (C=O) groups is 2. The number of ether oxygens (including phenoxy) is 1. The summed E-state index contributed by atoms with van der Waals surface area (Å²) >= 11 is 0. The summed E-state index contributed by atoms with van der Waals surface area (Å²) in [6, 6.07) is 10.5. The zero-order valence-electron chi connectivity index (χ0n) is 14.0. The van der Waals surface area contributed by atoms with Gasteiger partial charge in [0.1, 0.15) is 5.82 Å². The lowest BCUT2D eigenvalue weighted by molar-refractivity contribution is -0.116. The molecule has 0 atom stereocenters. The van der Waals surface area contributed by atoms with Gasteiger partial charge in [0.2, 0.25) is 5.91 Å². The molecule has 0 saturated heterocycles. The zero-order valence-corrected chi connectivity index (χ0v) is 14.0. The molecule has 2 rings (SSSR count). The van der Waals surface area contributed by atoms with E-state index in [-0.39, 0.29) is 11.9 Å². The minimum Gasteiger partial charge on any atom is -0.465 e. The number of nitrogens with one attached hydrogen (secondary N) is 2. The third kappa shape index (κ3) is 5.08. The molecule has 0 aliphatic rings. The van der Waals surface area contributed by atoms with Crippen LogP contribution in [0.4, 0.5) is 17.2 Å². The van der Waals surface area contributed by atoms with E-state index in [0.717, 1.165) is 11.4 Å². The summed E-state index contributed by atoms with van der Waals surface area (Å²) in [4.78, 5) is 27.3. The van der Waals surface area contributed by atoms with Gasteiger partial charge in [0.25, 0.3) is 0 Å². The highest BCUT2D eigenvalue weighted by Crippen LogP contribution is 2.18. The quantitative estimate of drug-likeness (QED) is 0.792. The molecule has 0 fully saturated rings. The van der Waals surface area contributed by atoms with Gasteiger partial charge in [0.15, 0.2) is 0 Å². The van der Waals surface area contributed by atoms with Crippen LogP contribution in [0.15, 0.2) is 42.6 Å². The summed E-state index contributed by atoms with van der Waals surface area (Å²) in [7, 11) is 1.35. The van der Waals surface area contributed by atoms with Gasteiger partial charge in [-0.15, -0.1) is 0 Å². The molecule has 0 saturated carbocycles. The second-order valence-corrected chi connectivity index (χ2v) is 5.77. The molecule has 0 unspecified atom stereocenters. The summed E-state index contributed by atoms with van der Waals surface area (Å²) in [5.74, 6) is 0.410. The maximum absolute atomic E-state index is 11.7. The Hall–Kier alpha value is -2.89. The number of nitrogens with zero attached hydrogens (tertiary/aromatic N) is 1. The first kappa shape index (κ1) is 17.5. The van der Waals surface area contributed by atoms with Gasteiger partial charge < -0.3 is 15.4 Å². The third-order valence-corrected chi connectivity index (χ3v) is 3.22. The van der Waals surface area contributed by atoms with Crippen LogP contribution in [0.5, 0.6) is 0 Å². The van der Waals surface area contributed by atoms with E-state index in [1.165, 1.54) is 7.11 Å². The Morgan fingerprint density at radius 1 is 1.08 bits per heavy atom. The molecule has 1 amide bonds. The number of pyridine rings is 1. The van der Waals surface area contributed by atoms with E-state index >= 15 is 0 Å². The van der Waals surface area contributed by atoms with Crippen molar-refractivity contribution in [1.29, 1.82) is 0 Å². The van der Waals surface area contributed by atoms with Crippen molar-refractivity contribution in [1.82, 2.24) is 4.98 Å². The third-order valence-electron chi connectivity index (χ3n) is 3.22. The van der Waals surface area contributed by atoms with E-state index in [1.807, 2.05) is 19.9 Å². The summed E-state index contributed by atoms with van der Waals surface area (Å²) < 4.78 is 4.66. The number of carbonyl (C=O) groups excluding carboxylic acids is 2. The van der Waals surface area contributed by atoms with Gasteiger partial charge in [-0.25, -0.2) is 9.78 Å². The lowest BCUT2D eigenvalue weighted by atomic mass is 10.1. The van der Waals surface area contributed by atoms with Gasteiger partial charge in [-0.2, -0.15) is 0 Å². The fraction of sp³-hybridized carbons (Fsp3) is 0.278. The van der Waals surface area contributed by atoms with Gasteiger partial charge in [-0.1, -0.05) is 13.8 Å². The molecule has 1 aromatic heterocycles. The van der Waals surface area contributed by atoms with Crippen LogP contribution in [0.1, 0.15) is 30.6 Å². The van der Waals surface area contributed by atoms with Crippen molar-refractivity contribution in [3.63, 3.8) is 0 Å².